The standard InChI is InChI=1S/C22H23FN2O5/c1-2-30-22(29)15-4-3-11-25(13-15)17-9-10-19(18(12-17)21(27)28)24-20(26)14-5-7-16(23)8-6-14/h5-10,12,15H,2-4,11,13H2,1H3,(H,24,26)(H,27,28)/t15-/m0/s1. The van der Waals surface area contributed by atoms with Crippen molar-refractivity contribution < 1.29 is 28.6 Å². The number of hydrogen-bond donors (Lipinski definition) is 2. The molecule has 2 aromatic carbocycles. The van der Waals surface area contributed by atoms with Crippen LogP contribution in [0.25, 0.3) is 0 Å². The number of nitrogens with zero attached hydrogens (tertiary/aromatic N) is 1. The van der Waals surface area contributed by atoms with E-state index in [2.05, 4.69) is 5.32 Å². The predicted octanol–water partition coefficient (Wildman–Crippen LogP) is 3.56. The number of anilines is 2. The summed E-state index contributed by atoms with van der Waals surface area (Å²) in [7, 11) is 0. The van der Waals surface area contributed by atoms with Crippen LogP contribution in [0.15, 0.2) is 42.5 Å². The Labute approximate surface area is 173 Å². The largest absolute Gasteiger partial charge is 0.478 e. The number of halogens is 1. The molecule has 1 aliphatic rings. The number of aromatic carboxylic acids is 1. The van der Waals surface area contributed by atoms with E-state index in [4.69, 9.17) is 4.74 Å². The Morgan fingerprint density at radius 1 is 1.20 bits per heavy atom. The van der Waals surface area contributed by atoms with Crippen molar-refractivity contribution in [1.29, 1.82) is 0 Å². The molecule has 0 unspecified atom stereocenters. The zero-order valence-electron chi connectivity index (χ0n) is 16.6. The summed E-state index contributed by atoms with van der Waals surface area (Å²) in [4.78, 5) is 38.2. The van der Waals surface area contributed by atoms with Crippen LogP contribution in [-0.4, -0.2) is 42.6 Å². The van der Waals surface area contributed by atoms with E-state index in [1.165, 1.54) is 24.3 Å². The topological polar surface area (TPSA) is 95.9 Å². The minimum absolute atomic E-state index is 0.0683. The van der Waals surface area contributed by atoms with Gasteiger partial charge in [-0.1, -0.05) is 0 Å². The number of ether oxygens (including phenoxy) is 1. The maximum atomic E-state index is 13.0. The molecule has 3 rings (SSSR count). The third-order valence-corrected chi connectivity index (χ3v) is 4.99. The summed E-state index contributed by atoms with van der Waals surface area (Å²) in [5.41, 5.74) is 0.937. The molecule has 158 valence electrons. The number of carbonyl (C=O) groups is 3. The van der Waals surface area contributed by atoms with Crippen molar-refractivity contribution in [3.63, 3.8) is 0 Å². The van der Waals surface area contributed by atoms with Crippen LogP contribution in [0.4, 0.5) is 15.8 Å². The predicted molar refractivity (Wildman–Crippen MR) is 109 cm³/mol. The van der Waals surface area contributed by atoms with E-state index < -0.39 is 17.7 Å². The second-order valence-corrected chi connectivity index (χ2v) is 7.03. The Hall–Kier alpha value is -3.42. The lowest BCUT2D eigenvalue weighted by Gasteiger charge is -2.33. The molecule has 0 bridgehead atoms. The highest BCUT2D eigenvalue weighted by molar-refractivity contribution is 6.08. The van der Waals surface area contributed by atoms with Crippen molar-refractivity contribution >= 4 is 29.2 Å². The minimum Gasteiger partial charge on any atom is -0.478 e. The van der Waals surface area contributed by atoms with Gasteiger partial charge >= 0.3 is 11.9 Å². The minimum atomic E-state index is -1.19. The summed E-state index contributed by atoms with van der Waals surface area (Å²) in [5, 5.41) is 12.2. The van der Waals surface area contributed by atoms with Crippen LogP contribution in [-0.2, 0) is 9.53 Å². The van der Waals surface area contributed by atoms with E-state index in [9.17, 15) is 23.9 Å². The van der Waals surface area contributed by atoms with Crippen LogP contribution >= 0.6 is 0 Å². The molecule has 1 fully saturated rings. The average molecular weight is 414 g/mol. The van der Waals surface area contributed by atoms with Crippen LogP contribution in [0.5, 0.6) is 0 Å². The summed E-state index contributed by atoms with van der Waals surface area (Å²) < 4.78 is 18.2. The summed E-state index contributed by atoms with van der Waals surface area (Å²) in [6, 6.07) is 9.68. The van der Waals surface area contributed by atoms with Crippen LogP contribution in [0.1, 0.15) is 40.5 Å². The van der Waals surface area contributed by atoms with E-state index >= 15 is 0 Å². The van der Waals surface area contributed by atoms with Gasteiger partial charge in [0.1, 0.15) is 5.82 Å². The highest BCUT2D eigenvalue weighted by Crippen LogP contribution is 2.28. The van der Waals surface area contributed by atoms with Crippen molar-refractivity contribution in [1.82, 2.24) is 0 Å². The van der Waals surface area contributed by atoms with E-state index in [1.807, 2.05) is 4.90 Å². The van der Waals surface area contributed by atoms with Gasteiger partial charge in [0.15, 0.2) is 0 Å². The Morgan fingerprint density at radius 2 is 1.93 bits per heavy atom. The maximum absolute atomic E-state index is 13.0. The molecule has 1 amide bonds. The lowest BCUT2D eigenvalue weighted by molar-refractivity contribution is -0.148. The Morgan fingerprint density at radius 3 is 2.60 bits per heavy atom. The molecule has 0 aromatic heterocycles. The number of carboxylic acids is 1. The first-order valence-corrected chi connectivity index (χ1v) is 9.75. The van der Waals surface area contributed by atoms with Crippen molar-refractivity contribution in [3.8, 4) is 0 Å². The molecule has 1 aliphatic heterocycles. The normalized spacial score (nSPS) is 16.1. The second-order valence-electron chi connectivity index (χ2n) is 7.03. The van der Waals surface area contributed by atoms with E-state index in [-0.39, 0.29) is 28.7 Å². The van der Waals surface area contributed by atoms with Crippen LogP contribution in [0, 0.1) is 11.7 Å². The van der Waals surface area contributed by atoms with E-state index in [0.29, 0.717) is 25.4 Å². The fourth-order valence-corrected chi connectivity index (χ4v) is 3.47. The van der Waals surface area contributed by atoms with Crippen molar-refractivity contribution in [3.05, 3.63) is 59.4 Å². The van der Waals surface area contributed by atoms with E-state index in [1.54, 1.807) is 13.0 Å². The van der Waals surface area contributed by atoms with Crippen LogP contribution < -0.4 is 10.2 Å². The average Bonchev–Trinajstić information content (AvgIpc) is 2.74. The van der Waals surface area contributed by atoms with Crippen molar-refractivity contribution in [2.45, 2.75) is 19.8 Å². The summed E-state index contributed by atoms with van der Waals surface area (Å²) in [6.45, 7) is 3.22. The molecule has 1 atom stereocenters. The molecule has 30 heavy (non-hydrogen) atoms. The number of carboxylic acid groups (broad SMARTS) is 1. The molecule has 0 radical (unpaired) electrons. The zero-order valence-corrected chi connectivity index (χ0v) is 16.6. The summed E-state index contributed by atoms with van der Waals surface area (Å²) in [6.07, 6.45) is 1.52. The fourth-order valence-electron chi connectivity index (χ4n) is 3.47. The molecule has 8 heteroatoms. The monoisotopic (exact) mass is 414 g/mol. The summed E-state index contributed by atoms with van der Waals surface area (Å²) >= 11 is 0. The zero-order chi connectivity index (χ0) is 21.7. The molecule has 0 saturated carbocycles. The number of benzene rings is 2. The fraction of sp³-hybridized carbons (Fsp3) is 0.318. The van der Waals surface area contributed by atoms with Gasteiger partial charge in [0.2, 0.25) is 0 Å². The molecular formula is C22H23FN2O5. The van der Waals surface area contributed by atoms with Crippen LogP contribution in [0.3, 0.4) is 0 Å². The number of nitrogens with one attached hydrogen (secondary N) is 1. The SMILES string of the molecule is CCOC(=O)[C@H]1CCCN(c2ccc(NC(=O)c3ccc(F)cc3)c(C(=O)O)c2)C1. The van der Waals surface area contributed by atoms with Gasteiger partial charge in [-0.05, 0) is 62.2 Å². The lowest BCUT2D eigenvalue weighted by Crippen LogP contribution is -2.39. The quantitative estimate of drug-likeness (QED) is 0.702. The molecule has 1 saturated heterocycles. The van der Waals surface area contributed by atoms with Gasteiger partial charge in [0.05, 0.1) is 23.8 Å². The molecule has 0 aliphatic carbocycles. The van der Waals surface area contributed by atoms with Gasteiger partial charge in [0, 0.05) is 24.3 Å². The number of esters is 1. The van der Waals surface area contributed by atoms with Crippen LogP contribution in [0.2, 0.25) is 0 Å². The highest BCUT2D eigenvalue weighted by Gasteiger charge is 2.27. The molecule has 7 nitrogen and oxygen atoms in total. The van der Waals surface area contributed by atoms with Gasteiger partial charge in [0.25, 0.3) is 5.91 Å². The first-order valence-electron chi connectivity index (χ1n) is 9.75. The summed E-state index contributed by atoms with van der Waals surface area (Å²) in [5.74, 6) is -2.70. The first-order chi connectivity index (χ1) is 14.4. The molecule has 1 heterocycles. The molecule has 0 spiro atoms. The van der Waals surface area contributed by atoms with Gasteiger partial charge < -0.3 is 20.1 Å². The molecule has 2 aromatic rings. The Kier molecular flexibility index (Phi) is 6.66. The maximum Gasteiger partial charge on any atom is 0.337 e. The Bertz CT molecular complexity index is 945. The second kappa shape index (κ2) is 9.39. The number of piperidine rings is 1. The van der Waals surface area contributed by atoms with Gasteiger partial charge in [-0.3, -0.25) is 9.59 Å². The van der Waals surface area contributed by atoms with Gasteiger partial charge in [-0.25, -0.2) is 9.18 Å². The molecule has 2 N–H and O–H groups in total. The smallest absolute Gasteiger partial charge is 0.337 e. The third kappa shape index (κ3) is 4.94. The third-order valence-electron chi connectivity index (χ3n) is 4.99. The van der Waals surface area contributed by atoms with E-state index in [0.717, 1.165) is 25.0 Å². The first kappa shape index (κ1) is 21.3. The lowest BCUT2D eigenvalue weighted by atomic mass is 9.97. The van der Waals surface area contributed by atoms with Crippen molar-refractivity contribution in [2.24, 2.45) is 5.92 Å². The number of carbonyl (C=O) groups excluding carboxylic acids is 2. The van der Waals surface area contributed by atoms with Gasteiger partial charge in [-0.15, -0.1) is 0 Å². The van der Waals surface area contributed by atoms with Gasteiger partial charge in [-0.2, -0.15) is 0 Å². The number of amides is 1. The Balaban J connectivity index is 1.79. The number of hydrogen-bond acceptors (Lipinski definition) is 5. The number of rotatable bonds is 6. The van der Waals surface area contributed by atoms with Crippen molar-refractivity contribution in [2.75, 3.05) is 29.9 Å². The highest BCUT2D eigenvalue weighted by atomic mass is 19.1. The molecular weight excluding hydrogens is 391 g/mol.